The Morgan fingerprint density at radius 2 is 2.40 bits per heavy atom. The summed E-state index contributed by atoms with van der Waals surface area (Å²) in [5.41, 5.74) is 1.83. The van der Waals surface area contributed by atoms with E-state index in [-0.39, 0.29) is 12.1 Å². The van der Waals surface area contributed by atoms with E-state index >= 15 is 0 Å². The van der Waals surface area contributed by atoms with E-state index in [2.05, 4.69) is 21.2 Å². The molecule has 5 nitrogen and oxygen atoms in total. The summed E-state index contributed by atoms with van der Waals surface area (Å²) < 4.78 is 11.6. The van der Waals surface area contributed by atoms with Gasteiger partial charge >= 0.3 is 6.03 Å². The molecule has 1 aromatic carbocycles. The van der Waals surface area contributed by atoms with Gasteiger partial charge in [-0.1, -0.05) is 22.0 Å². The molecule has 0 aliphatic carbocycles. The molecule has 0 spiro atoms. The van der Waals surface area contributed by atoms with Crippen LogP contribution in [0.25, 0.3) is 0 Å². The van der Waals surface area contributed by atoms with Gasteiger partial charge < -0.3 is 19.7 Å². The van der Waals surface area contributed by atoms with E-state index in [1.165, 1.54) is 0 Å². The molecule has 0 unspecified atom stereocenters. The highest BCUT2D eigenvalue weighted by molar-refractivity contribution is 9.10. The van der Waals surface area contributed by atoms with Crippen LogP contribution < -0.4 is 5.32 Å². The van der Waals surface area contributed by atoms with Gasteiger partial charge in [0.1, 0.15) is 0 Å². The van der Waals surface area contributed by atoms with Crippen molar-refractivity contribution in [3.05, 3.63) is 28.2 Å². The number of nitrogens with one attached hydrogen (secondary N) is 1. The molecule has 110 valence electrons. The zero-order valence-electron chi connectivity index (χ0n) is 11.7. The molecule has 0 aromatic heterocycles. The number of carbonyl (C=O) groups excluding carboxylic acids is 1. The summed E-state index contributed by atoms with van der Waals surface area (Å²) in [6.07, 6.45) is -0.0527. The van der Waals surface area contributed by atoms with Crippen molar-refractivity contribution in [3.8, 4) is 0 Å². The second-order valence-corrected chi connectivity index (χ2v) is 5.59. The number of anilines is 1. The first-order valence-electron chi connectivity index (χ1n) is 6.53. The van der Waals surface area contributed by atoms with E-state index in [0.29, 0.717) is 26.3 Å². The van der Waals surface area contributed by atoms with E-state index in [1.54, 1.807) is 12.0 Å². The highest BCUT2D eigenvalue weighted by atomic mass is 79.9. The minimum atomic E-state index is -0.101. The van der Waals surface area contributed by atoms with Gasteiger partial charge in [-0.2, -0.15) is 0 Å². The number of nitrogens with zero attached hydrogens (tertiary/aromatic N) is 1. The number of morpholine rings is 1. The van der Waals surface area contributed by atoms with E-state index < -0.39 is 0 Å². The van der Waals surface area contributed by atoms with Crippen LogP contribution in [0, 0.1) is 6.92 Å². The lowest BCUT2D eigenvalue weighted by Crippen LogP contribution is -2.48. The van der Waals surface area contributed by atoms with E-state index in [4.69, 9.17) is 9.47 Å². The zero-order chi connectivity index (χ0) is 14.5. The molecule has 1 heterocycles. The number of methoxy groups -OCH3 is 1. The highest BCUT2D eigenvalue weighted by Crippen LogP contribution is 2.23. The summed E-state index contributed by atoms with van der Waals surface area (Å²) in [5.74, 6) is 0. The number of amides is 2. The van der Waals surface area contributed by atoms with Crippen molar-refractivity contribution in [3.63, 3.8) is 0 Å². The van der Waals surface area contributed by atoms with E-state index in [1.807, 2.05) is 25.1 Å². The second kappa shape index (κ2) is 7.06. The van der Waals surface area contributed by atoms with Crippen LogP contribution in [0.3, 0.4) is 0 Å². The highest BCUT2D eigenvalue weighted by Gasteiger charge is 2.24. The van der Waals surface area contributed by atoms with Crippen LogP contribution in [0.15, 0.2) is 22.7 Å². The lowest BCUT2D eigenvalue weighted by Gasteiger charge is -2.32. The number of benzene rings is 1. The fourth-order valence-corrected chi connectivity index (χ4v) is 2.49. The Morgan fingerprint density at radius 1 is 1.60 bits per heavy atom. The standard InChI is InChI=1S/C14H19BrN2O3/c1-10-12(15)4-3-5-13(10)16-14(18)17-6-7-20-11(8-17)9-19-2/h3-5,11H,6-9H2,1-2H3,(H,16,18)/t11-/m0/s1. The molecule has 1 aliphatic heterocycles. The molecule has 1 saturated heterocycles. The molecule has 20 heavy (non-hydrogen) atoms. The summed E-state index contributed by atoms with van der Waals surface area (Å²) in [5, 5.41) is 2.94. The SMILES string of the molecule is COC[C@@H]1CN(C(=O)Nc2cccc(Br)c2C)CCO1. The van der Waals surface area contributed by atoms with Crippen LogP contribution >= 0.6 is 15.9 Å². The van der Waals surface area contributed by atoms with Crippen molar-refractivity contribution >= 4 is 27.6 Å². The molecule has 2 amide bonds. The molecule has 1 aliphatic rings. The van der Waals surface area contributed by atoms with Gasteiger partial charge in [-0.3, -0.25) is 0 Å². The van der Waals surface area contributed by atoms with Gasteiger partial charge in [0.15, 0.2) is 0 Å². The fraction of sp³-hybridized carbons (Fsp3) is 0.500. The van der Waals surface area contributed by atoms with Crippen LogP contribution in [0.2, 0.25) is 0 Å². The molecule has 1 atom stereocenters. The normalized spacial score (nSPS) is 18.9. The lowest BCUT2D eigenvalue weighted by atomic mass is 10.2. The number of hydrogen-bond donors (Lipinski definition) is 1. The number of rotatable bonds is 3. The van der Waals surface area contributed by atoms with Gasteiger partial charge in [0, 0.05) is 23.8 Å². The topological polar surface area (TPSA) is 50.8 Å². The maximum absolute atomic E-state index is 12.3. The molecular formula is C14H19BrN2O3. The average molecular weight is 343 g/mol. The maximum Gasteiger partial charge on any atom is 0.322 e. The number of carbonyl (C=O) groups is 1. The summed E-state index contributed by atoms with van der Waals surface area (Å²) in [6.45, 7) is 4.15. The van der Waals surface area contributed by atoms with Gasteiger partial charge in [-0.15, -0.1) is 0 Å². The third-order valence-corrected chi connectivity index (χ3v) is 4.15. The van der Waals surface area contributed by atoms with Gasteiger partial charge in [0.25, 0.3) is 0 Å². The first-order chi connectivity index (χ1) is 9.61. The maximum atomic E-state index is 12.3. The lowest BCUT2D eigenvalue weighted by molar-refractivity contribution is -0.0481. The molecule has 1 aromatic rings. The predicted molar refractivity (Wildman–Crippen MR) is 81.1 cm³/mol. The van der Waals surface area contributed by atoms with Crippen molar-refractivity contribution in [2.45, 2.75) is 13.0 Å². The quantitative estimate of drug-likeness (QED) is 0.918. The van der Waals surface area contributed by atoms with E-state index in [9.17, 15) is 4.79 Å². The van der Waals surface area contributed by atoms with Crippen LogP contribution in [-0.2, 0) is 9.47 Å². The number of hydrogen-bond acceptors (Lipinski definition) is 3. The minimum absolute atomic E-state index is 0.0527. The van der Waals surface area contributed by atoms with Crippen molar-refractivity contribution in [2.24, 2.45) is 0 Å². The third-order valence-electron chi connectivity index (χ3n) is 3.29. The Morgan fingerprint density at radius 3 is 3.15 bits per heavy atom. The molecule has 0 radical (unpaired) electrons. The minimum Gasteiger partial charge on any atom is -0.382 e. The smallest absolute Gasteiger partial charge is 0.322 e. The molecule has 6 heteroatoms. The summed E-state index contributed by atoms with van der Waals surface area (Å²) in [4.78, 5) is 14.0. The molecule has 0 bridgehead atoms. The van der Waals surface area contributed by atoms with Crippen LogP contribution in [0.5, 0.6) is 0 Å². The number of ether oxygens (including phenoxy) is 2. The summed E-state index contributed by atoms with van der Waals surface area (Å²) in [7, 11) is 1.63. The van der Waals surface area contributed by atoms with Crippen molar-refractivity contribution < 1.29 is 14.3 Å². The first-order valence-corrected chi connectivity index (χ1v) is 7.32. The third kappa shape index (κ3) is 3.71. The zero-order valence-corrected chi connectivity index (χ0v) is 13.3. The van der Waals surface area contributed by atoms with Crippen LogP contribution in [0.4, 0.5) is 10.5 Å². The summed E-state index contributed by atoms with van der Waals surface area (Å²) >= 11 is 3.46. The van der Waals surface area contributed by atoms with Crippen LogP contribution in [-0.4, -0.2) is 50.4 Å². The fourth-order valence-electron chi connectivity index (χ4n) is 2.13. The molecular weight excluding hydrogens is 324 g/mol. The van der Waals surface area contributed by atoms with Crippen molar-refractivity contribution in [1.29, 1.82) is 0 Å². The van der Waals surface area contributed by atoms with Gasteiger partial charge in [-0.25, -0.2) is 4.79 Å². The van der Waals surface area contributed by atoms with E-state index in [0.717, 1.165) is 15.7 Å². The number of halogens is 1. The van der Waals surface area contributed by atoms with Crippen molar-refractivity contribution in [2.75, 3.05) is 38.7 Å². The average Bonchev–Trinajstić information content (AvgIpc) is 2.44. The molecule has 1 fully saturated rings. The first kappa shape index (κ1) is 15.3. The number of urea groups is 1. The largest absolute Gasteiger partial charge is 0.382 e. The van der Waals surface area contributed by atoms with Gasteiger partial charge in [0.2, 0.25) is 0 Å². The molecule has 2 rings (SSSR count). The Hall–Kier alpha value is -1.11. The summed E-state index contributed by atoms with van der Waals surface area (Å²) in [6, 6.07) is 5.65. The van der Waals surface area contributed by atoms with Crippen LogP contribution in [0.1, 0.15) is 5.56 Å². The Labute approximate surface area is 127 Å². The second-order valence-electron chi connectivity index (χ2n) is 4.74. The van der Waals surface area contributed by atoms with Crippen molar-refractivity contribution in [1.82, 2.24) is 4.90 Å². The Kier molecular flexibility index (Phi) is 5.39. The van der Waals surface area contributed by atoms with Gasteiger partial charge in [0.05, 0.1) is 25.9 Å². The predicted octanol–water partition coefficient (Wildman–Crippen LogP) is 2.64. The Balaban J connectivity index is 1.99. The van der Waals surface area contributed by atoms with Gasteiger partial charge in [-0.05, 0) is 24.6 Å². The molecule has 0 saturated carbocycles. The molecule has 1 N–H and O–H groups in total. The Bertz CT molecular complexity index is 479. The monoisotopic (exact) mass is 342 g/mol.